The van der Waals surface area contributed by atoms with Gasteiger partial charge >= 0.3 is 0 Å². The molecule has 4 rings (SSSR count). The highest BCUT2D eigenvalue weighted by Gasteiger charge is 2.29. The van der Waals surface area contributed by atoms with Gasteiger partial charge in [-0.25, -0.2) is 9.97 Å². The van der Waals surface area contributed by atoms with Gasteiger partial charge in [-0.05, 0) is 11.6 Å². The molecular formula is C19H20N4O3. The average Bonchev–Trinajstić information content (AvgIpc) is 3.30. The van der Waals surface area contributed by atoms with Gasteiger partial charge in [-0.2, -0.15) is 0 Å². The number of ether oxygens (including phenoxy) is 2. The van der Waals surface area contributed by atoms with Gasteiger partial charge in [0.2, 0.25) is 5.91 Å². The fourth-order valence-electron chi connectivity index (χ4n) is 3.29. The highest BCUT2D eigenvalue weighted by molar-refractivity contribution is 5.89. The lowest BCUT2D eigenvalue weighted by Gasteiger charge is -2.17. The molecular weight excluding hydrogens is 332 g/mol. The van der Waals surface area contributed by atoms with Gasteiger partial charge in [-0.15, -0.1) is 0 Å². The van der Waals surface area contributed by atoms with Crippen molar-refractivity contribution in [2.45, 2.75) is 18.9 Å². The van der Waals surface area contributed by atoms with E-state index < -0.39 is 0 Å². The molecule has 1 atom stereocenters. The van der Waals surface area contributed by atoms with E-state index in [0.29, 0.717) is 31.3 Å². The van der Waals surface area contributed by atoms with Gasteiger partial charge < -0.3 is 19.4 Å². The molecule has 7 heteroatoms. The average molecular weight is 352 g/mol. The fourth-order valence-corrected chi connectivity index (χ4v) is 3.29. The second kappa shape index (κ2) is 7.03. The summed E-state index contributed by atoms with van der Waals surface area (Å²) in [6, 6.07) is 8.01. The first-order chi connectivity index (χ1) is 12.7. The molecule has 0 spiro atoms. The van der Waals surface area contributed by atoms with Gasteiger partial charge in [-0.3, -0.25) is 4.79 Å². The van der Waals surface area contributed by atoms with Crippen LogP contribution in [0.1, 0.15) is 12.0 Å². The predicted octanol–water partition coefficient (Wildman–Crippen LogP) is 2.19. The summed E-state index contributed by atoms with van der Waals surface area (Å²) in [6.07, 6.45) is 6.07. The van der Waals surface area contributed by atoms with Gasteiger partial charge in [0.05, 0.1) is 20.1 Å². The van der Waals surface area contributed by atoms with Gasteiger partial charge in [0.15, 0.2) is 0 Å². The molecule has 0 saturated carbocycles. The first-order valence-corrected chi connectivity index (χ1v) is 8.59. The van der Waals surface area contributed by atoms with E-state index in [1.807, 2.05) is 35.4 Å². The molecule has 1 aliphatic rings. The minimum Gasteiger partial charge on any atom is -0.477 e. The van der Waals surface area contributed by atoms with E-state index in [9.17, 15) is 4.79 Å². The highest BCUT2D eigenvalue weighted by Crippen LogP contribution is 2.25. The minimum atomic E-state index is -0.104. The number of likely N-dealkylation sites (tertiary alicyclic amines) is 1. The van der Waals surface area contributed by atoms with E-state index in [-0.39, 0.29) is 12.0 Å². The Morgan fingerprint density at radius 3 is 2.92 bits per heavy atom. The summed E-state index contributed by atoms with van der Waals surface area (Å²) in [7, 11) is 1.53. The Kier molecular flexibility index (Phi) is 4.43. The van der Waals surface area contributed by atoms with Crippen LogP contribution in [0.25, 0.3) is 10.9 Å². The molecule has 0 radical (unpaired) electrons. The van der Waals surface area contributed by atoms with E-state index in [1.54, 1.807) is 12.4 Å². The van der Waals surface area contributed by atoms with E-state index in [1.165, 1.54) is 7.11 Å². The summed E-state index contributed by atoms with van der Waals surface area (Å²) >= 11 is 0. The Balaban J connectivity index is 1.39. The van der Waals surface area contributed by atoms with Crippen molar-refractivity contribution in [1.82, 2.24) is 19.9 Å². The quantitative estimate of drug-likeness (QED) is 0.761. The van der Waals surface area contributed by atoms with Crippen LogP contribution in [-0.2, 0) is 11.2 Å². The molecule has 0 unspecified atom stereocenters. The lowest BCUT2D eigenvalue weighted by molar-refractivity contribution is -0.129. The summed E-state index contributed by atoms with van der Waals surface area (Å²) in [5, 5.41) is 1.09. The van der Waals surface area contributed by atoms with E-state index in [2.05, 4.69) is 15.0 Å². The molecule has 0 bridgehead atoms. The standard InChI is InChI=1S/C19H20N4O3/c1-25-18-19(21-8-7-20-18)26-14-6-9-23(12-14)17(24)10-13-11-22-16-5-3-2-4-15(13)16/h2-5,7-8,11,14,22H,6,9-10,12H2,1H3/t14-/m1/s1. The number of methoxy groups -OCH3 is 1. The second-order valence-corrected chi connectivity index (χ2v) is 6.28. The van der Waals surface area contributed by atoms with Crippen molar-refractivity contribution in [2.24, 2.45) is 0 Å². The molecule has 1 saturated heterocycles. The number of fused-ring (bicyclic) bond motifs is 1. The molecule has 1 aromatic carbocycles. The first kappa shape index (κ1) is 16.4. The van der Waals surface area contributed by atoms with Crippen LogP contribution in [0.4, 0.5) is 0 Å². The van der Waals surface area contributed by atoms with Crippen LogP contribution < -0.4 is 9.47 Å². The maximum atomic E-state index is 12.7. The first-order valence-electron chi connectivity index (χ1n) is 8.59. The van der Waals surface area contributed by atoms with Crippen LogP contribution in [0.5, 0.6) is 11.8 Å². The van der Waals surface area contributed by atoms with Gasteiger partial charge in [0.1, 0.15) is 6.10 Å². The Morgan fingerprint density at radius 1 is 1.27 bits per heavy atom. The second-order valence-electron chi connectivity index (χ2n) is 6.28. The number of aromatic amines is 1. The van der Waals surface area contributed by atoms with Crippen LogP contribution in [0.3, 0.4) is 0 Å². The lowest BCUT2D eigenvalue weighted by Crippen LogP contribution is -2.32. The maximum absolute atomic E-state index is 12.7. The number of rotatable bonds is 5. The number of carbonyl (C=O) groups excluding carboxylic acids is 1. The van der Waals surface area contributed by atoms with E-state index >= 15 is 0 Å². The van der Waals surface area contributed by atoms with Crippen molar-refractivity contribution in [3.8, 4) is 11.8 Å². The number of benzene rings is 1. The van der Waals surface area contributed by atoms with Crippen molar-refractivity contribution >= 4 is 16.8 Å². The zero-order valence-corrected chi connectivity index (χ0v) is 14.5. The number of nitrogens with zero attached hydrogens (tertiary/aromatic N) is 3. The number of amides is 1. The molecule has 1 aliphatic heterocycles. The predicted molar refractivity (Wildman–Crippen MR) is 96.2 cm³/mol. The number of H-pyrrole nitrogens is 1. The number of aromatic nitrogens is 3. The molecule has 7 nitrogen and oxygen atoms in total. The monoisotopic (exact) mass is 352 g/mol. The molecule has 26 heavy (non-hydrogen) atoms. The number of hydrogen-bond acceptors (Lipinski definition) is 5. The van der Waals surface area contributed by atoms with Gasteiger partial charge in [0, 0.05) is 42.5 Å². The van der Waals surface area contributed by atoms with E-state index in [0.717, 1.165) is 22.9 Å². The van der Waals surface area contributed by atoms with Crippen LogP contribution in [0.2, 0.25) is 0 Å². The number of hydrogen-bond donors (Lipinski definition) is 1. The molecule has 134 valence electrons. The smallest absolute Gasteiger partial charge is 0.278 e. The summed E-state index contributed by atoms with van der Waals surface area (Å²) < 4.78 is 11.0. The fraction of sp³-hybridized carbons (Fsp3) is 0.316. The Morgan fingerprint density at radius 2 is 2.08 bits per heavy atom. The Bertz CT molecular complexity index is 924. The molecule has 3 heterocycles. The van der Waals surface area contributed by atoms with Crippen molar-refractivity contribution < 1.29 is 14.3 Å². The van der Waals surface area contributed by atoms with Crippen molar-refractivity contribution in [3.05, 3.63) is 48.4 Å². The number of nitrogens with one attached hydrogen (secondary N) is 1. The van der Waals surface area contributed by atoms with Gasteiger partial charge in [0.25, 0.3) is 11.8 Å². The van der Waals surface area contributed by atoms with E-state index in [4.69, 9.17) is 9.47 Å². The summed E-state index contributed by atoms with van der Waals surface area (Å²) in [4.78, 5) is 26.0. The highest BCUT2D eigenvalue weighted by atomic mass is 16.5. The normalized spacial score (nSPS) is 16.8. The Labute approximate surface area is 151 Å². The SMILES string of the molecule is COc1nccnc1O[C@@H]1CCN(C(=O)Cc2c[nH]c3ccccc23)C1. The largest absolute Gasteiger partial charge is 0.477 e. The van der Waals surface area contributed by atoms with Crippen molar-refractivity contribution in [1.29, 1.82) is 0 Å². The minimum absolute atomic E-state index is 0.104. The molecule has 2 aromatic heterocycles. The maximum Gasteiger partial charge on any atom is 0.278 e. The third-order valence-electron chi connectivity index (χ3n) is 4.62. The number of carbonyl (C=O) groups is 1. The topological polar surface area (TPSA) is 80.3 Å². The van der Waals surface area contributed by atoms with Gasteiger partial charge in [-0.1, -0.05) is 18.2 Å². The summed E-state index contributed by atoms with van der Waals surface area (Å²) in [5.41, 5.74) is 2.07. The van der Waals surface area contributed by atoms with Crippen LogP contribution in [0.15, 0.2) is 42.9 Å². The Hall–Kier alpha value is -3.09. The van der Waals surface area contributed by atoms with Crippen LogP contribution in [-0.4, -0.2) is 52.1 Å². The lowest BCUT2D eigenvalue weighted by atomic mass is 10.1. The molecule has 1 amide bonds. The number of para-hydroxylation sites is 1. The van der Waals surface area contributed by atoms with Crippen molar-refractivity contribution in [2.75, 3.05) is 20.2 Å². The molecule has 1 fully saturated rings. The van der Waals surface area contributed by atoms with Crippen LogP contribution in [0, 0.1) is 0 Å². The zero-order chi connectivity index (χ0) is 17.9. The zero-order valence-electron chi connectivity index (χ0n) is 14.5. The van der Waals surface area contributed by atoms with Crippen LogP contribution >= 0.6 is 0 Å². The third kappa shape index (κ3) is 3.20. The summed E-state index contributed by atoms with van der Waals surface area (Å²) in [5.74, 6) is 0.828. The molecule has 1 N–H and O–H groups in total. The molecule has 0 aliphatic carbocycles. The van der Waals surface area contributed by atoms with Crippen molar-refractivity contribution in [3.63, 3.8) is 0 Å². The molecule has 3 aromatic rings. The summed E-state index contributed by atoms with van der Waals surface area (Å²) in [6.45, 7) is 1.22. The third-order valence-corrected chi connectivity index (χ3v) is 4.62.